The van der Waals surface area contributed by atoms with Crippen LogP contribution in [0, 0.1) is 0 Å². The van der Waals surface area contributed by atoms with Crippen molar-refractivity contribution in [2.75, 3.05) is 10.6 Å². The summed E-state index contributed by atoms with van der Waals surface area (Å²) >= 11 is 0. The number of aromatic nitrogens is 2. The van der Waals surface area contributed by atoms with Crippen LogP contribution in [-0.4, -0.2) is 15.6 Å². The van der Waals surface area contributed by atoms with E-state index in [2.05, 4.69) is 15.6 Å². The topological polar surface area (TPSA) is 76.0 Å². The SMILES string of the molecule is CCCn1c(NC(=O)Nc2ccccc2)c2ccccc2nc1=O. The van der Waals surface area contributed by atoms with Crippen LogP contribution in [0.2, 0.25) is 0 Å². The van der Waals surface area contributed by atoms with Gasteiger partial charge in [-0.05, 0) is 30.7 Å². The fourth-order valence-corrected chi connectivity index (χ4v) is 2.53. The highest BCUT2D eigenvalue weighted by atomic mass is 16.2. The summed E-state index contributed by atoms with van der Waals surface area (Å²) in [7, 11) is 0. The molecular formula is C18H18N4O2. The van der Waals surface area contributed by atoms with Crippen LogP contribution in [0.15, 0.2) is 59.4 Å². The number of nitrogens with one attached hydrogen (secondary N) is 2. The van der Waals surface area contributed by atoms with Gasteiger partial charge < -0.3 is 5.32 Å². The molecule has 0 bridgehead atoms. The van der Waals surface area contributed by atoms with Gasteiger partial charge in [0.2, 0.25) is 0 Å². The lowest BCUT2D eigenvalue weighted by Crippen LogP contribution is -2.29. The number of carbonyl (C=O) groups is 1. The van der Waals surface area contributed by atoms with E-state index in [0.717, 1.165) is 11.8 Å². The molecule has 0 aliphatic rings. The molecule has 2 N–H and O–H groups in total. The molecule has 0 aliphatic heterocycles. The number of amides is 2. The summed E-state index contributed by atoms with van der Waals surface area (Å²) < 4.78 is 1.49. The van der Waals surface area contributed by atoms with Gasteiger partial charge in [-0.25, -0.2) is 9.59 Å². The number of para-hydroxylation sites is 2. The van der Waals surface area contributed by atoms with Crippen molar-refractivity contribution in [1.29, 1.82) is 0 Å². The van der Waals surface area contributed by atoms with Gasteiger partial charge in [0.1, 0.15) is 5.82 Å². The monoisotopic (exact) mass is 322 g/mol. The van der Waals surface area contributed by atoms with E-state index < -0.39 is 6.03 Å². The third-order valence-corrected chi connectivity index (χ3v) is 3.59. The molecule has 1 heterocycles. The Morgan fingerprint density at radius 3 is 2.50 bits per heavy atom. The quantitative estimate of drug-likeness (QED) is 0.772. The molecule has 0 saturated heterocycles. The highest BCUT2D eigenvalue weighted by molar-refractivity contribution is 6.04. The van der Waals surface area contributed by atoms with Crippen molar-refractivity contribution in [1.82, 2.24) is 9.55 Å². The number of carbonyl (C=O) groups excluding carboxylic acids is 1. The summed E-state index contributed by atoms with van der Waals surface area (Å²) in [5.74, 6) is 0.459. The van der Waals surface area contributed by atoms with Crippen LogP contribution in [0.4, 0.5) is 16.3 Å². The Morgan fingerprint density at radius 2 is 1.75 bits per heavy atom. The van der Waals surface area contributed by atoms with Gasteiger partial charge in [0, 0.05) is 17.6 Å². The van der Waals surface area contributed by atoms with Gasteiger partial charge in [-0.3, -0.25) is 9.88 Å². The lowest BCUT2D eigenvalue weighted by molar-refractivity contribution is 0.262. The average Bonchev–Trinajstić information content (AvgIpc) is 2.59. The maximum atomic E-state index is 12.3. The van der Waals surface area contributed by atoms with Crippen LogP contribution in [0.1, 0.15) is 13.3 Å². The smallest absolute Gasteiger partial charge is 0.308 e. The minimum absolute atomic E-state index is 0.370. The van der Waals surface area contributed by atoms with Crippen LogP contribution in [-0.2, 0) is 6.54 Å². The van der Waals surface area contributed by atoms with E-state index in [1.807, 2.05) is 43.3 Å². The molecule has 2 amide bonds. The minimum Gasteiger partial charge on any atom is -0.308 e. The molecule has 0 aliphatic carbocycles. The first-order valence-electron chi connectivity index (χ1n) is 7.81. The van der Waals surface area contributed by atoms with Gasteiger partial charge in [-0.2, -0.15) is 4.98 Å². The molecule has 1 aromatic heterocycles. The van der Waals surface area contributed by atoms with Gasteiger partial charge in [0.25, 0.3) is 0 Å². The van der Waals surface area contributed by atoms with E-state index >= 15 is 0 Å². The molecule has 6 heteroatoms. The Balaban J connectivity index is 1.99. The van der Waals surface area contributed by atoms with Crippen molar-refractivity contribution in [3.8, 4) is 0 Å². The molecule has 122 valence electrons. The largest absolute Gasteiger partial charge is 0.349 e. The second kappa shape index (κ2) is 6.95. The summed E-state index contributed by atoms with van der Waals surface area (Å²) in [4.78, 5) is 28.7. The Bertz CT molecular complexity index is 919. The molecule has 6 nitrogen and oxygen atoms in total. The van der Waals surface area contributed by atoms with Crippen molar-refractivity contribution in [3.63, 3.8) is 0 Å². The number of rotatable bonds is 4. The van der Waals surface area contributed by atoms with E-state index in [1.165, 1.54) is 4.57 Å². The summed E-state index contributed by atoms with van der Waals surface area (Å²) in [5.41, 5.74) is 0.869. The zero-order valence-corrected chi connectivity index (χ0v) is 13.3. The molecule has 3 rings (SSSR count). The van der Waals surface area contributed by atoms with Crippen molar-refractivity contribution < 1.29 is 4.79 Å². The summed E-state index contributed by atoms with van der Waals surface area (Å²) in [5, 5.41) is 6.29. The average molecular weight is 322 g/mol. The highest BCUT2D eigenvalue weighted by Crippen LogP contribution is 2.20. The molecule has 0 radical (unpaired) electrons. The van der Waals surface area contributed by atoms with Gasteiger partial charge in [-0.15, -0.1) is 0 Å². The second-order valence-electron chi connectivity index (χ2n) is 5.36. The number of urea groups is 1. The first-order valence-corrected chi connectivity index (χ1v) is 7.81. The third-order valence-electron chi connectivity index (χ3n) is 3.59. The molecular weight excluding hydrogens is 304 g/mol. The van der Waals surface area contributed by atoms with Crippen LogP contribution in [0.5, 0.6) is 0 Å². The van der Waals surface area contributed by atoms with Crippen LogP contribution in [0.25, 0.3) is 10.9 Å². The van der Waals surface area contributed by atoms with E-state index in [9.17, 15) is 9.59 Å². The van der Waals surface area contributed by atoms with Gasteiger partial charge in [0.15, 0.2) is 0 Å². The second-order valence-corrected chi connectivity index (χ2v) is 5.36. The predicted octanol–water partition coefficient (Wildman–Crippen LogP) is 3.45. The standard InChI is InChI=1S/C18H18N4O2/c1-2-12-22-16(14-10-6-7-11-15(14)20-18(22)24)21-17(23)19-13-8-4-3-5-9-13/h3-11H,2,12H2,1H3,(H2,19,21,23). The zero-order valence-electron chi connectivity index (χ0n) is 13.3. The molecule has 0 atom stereocenters. The first kappa shape index (κ1) is 15.7. The van der Waals surface area contributed by atoms with Crippen molar-refractivity contribution >= 4 is 28.4 Å². The van der Waals surface area contributed by atoms with E-state index in [4.69, 9.17) is 0 Å². The number of fused-ring (bicyclic) bond motifs is 1. The van der Waals surface area contributed by atoms with E-state index in [-0.39, 0.29) is 5.69 Å². The van der Waals surface area contributed by atoms with Crippen LogP contribution >= 0.6 is 0 Å². The fraction of sp³-hybridized carbons (Fsp3) is 0.167. The van der Waals surface area contributed by atoms with Crippen LogP contribution in [0.3, 0.4) is 0 Å². The van der Waals surface area contributed by atoms with Gasteiger partial charge >= 0.3 is 11.7 Å². The van der Waals surface area contributed by atoms with E-state index in [1.54, 1.807) is 18.2 Å². The van der Waals surface area contributed by atoms with E-state index in [0.29, 0.717) is 23.6 Å². The fourth-order valence-electron chi connectivity index (χ4n) is 2.53. The van der Waals surface area contributed by atoms with Crippen molar-refractivity contribution in [2.24, 2.45) is 0 Å². The molecule has 3 aromatic rings. The molecule has 2 aromatic carbocycles. The summed E-state index contributed by atoms with van der Waals surface area (Å²) in [6.45, 7) is 2.45. The van der Waals surface area contributed by atoms with Crippen molar-refractivity contribution in [2.45, 2.75) is 19.9 Å². The summed E-state index contributed by atoms with van der Waals surface area (Å²) in [6, 6.07) is 16.0. The highest BCUT2D eigenvalue weighted by Gasteiger charge is 2.13. The molecule has 0 fully saturated rings. The normalized spacial score (nSPS) is 10.5. The lowest BCUT2D eigenvalue weighted by atomic mass is 10.2. The number of anilines is 2. The Hall–Kier alpha value is -3.15. The maximum Gasteiger partial charge on any atom is 0.349 e. The Kier molecular flexibility index (Phi) is 4.56. The minimum atomic E-state index is -0.401. The predicted molar refractivity (Wildman–Crippen MR) is 95.4 cm³/mol. The third kappa shape index (κ3) is 3.27. The zero-order chi connectivity index (χ0) is 16.9. The number of benzene rings is 2. The lowest BCUT2D eigenvalue weighted by Gasteiger charge is -2.15. The number of nitrogens with zero attached hydrogens (tertiary/aromatic N) is 2. The number of hydrogen-bond donors (Lipinski definition) is 2. The van der Waals surface area contributed by atoms with Crippen LogP contribution < -0.4 is 16.3 Å². The molecule has 0 unspecified atom stereocenters. The molecule has 24 heavy (non-hydrogen) atoms. The Labute approximate surface area is 139 Å². The van der Waals surface area contributed by atoms with Gasteiger partial charge in [0.05, 0.1) is 5.52 Å². The Morgan fingerprint density at radius 1 is 1.04 bits per heavy atom. The molecule has 0 spiro atoms. The maximum absolute atomic E-state index is 12.3. The molecule has 0 saturated carbocycles. The number of hydrogen-bond acceptors (Lipinski definition) is 3. The van der Waals surface area contributed by atoms with Gasteiger partial charge in [-0.1, -0.05) is 37.3 Å². The summed E-state index contributed by atoms with van der Waals surface area (Å²) in [6.07, 6.45) is 0.759. The first-order chi connectivity index (χ1) is 11.7. The van der Waals surface area contributed by atoms with Crippen molar-refractivity contribution in [3.05, 3.63) is 65.1 Å².